The third-order valence-corrected chi connectivity index (χ3v) is 5.11. The average molecular weight is 363 g/mol. The summed E-state index contributed by atoms with van der Waals surface area (Å²) in [5.74, 6) is 0.454. The second-order valence-corrected chi connectivity index (χ2v) is 7.23. The first kappa shape index (κ1) is 18.9. The second-order valence-electron chi connectivity index (χ2n) is 7.23. The summed E-state index contributed by atoms with van der Waals surface area (Å²) < 4.78 is 5.80. The van der Waals surface area contributed by atoms with Gasteiger partial charge in [0.2, 0.25) is 0 Å². The largest absolute Gasteiger partial charge is 0.477 e. The summed E-state index contributed by atoms with van der Waals surface area (Å²) in [6.45, 7) is 9.38. The quantitative estimate of drug-likeness (QED) is 0.857. The van der Waals surface area contributed by atoms with E-state index in [0.29, 0.717) is 11.3 Å². The molecule has 0 spiro atoms. The van der Waals surface area contributed by atoms with E-state index in [4.69, 9.17) is 4.74 Å². The Balaban J connectivity index is 1.95. The molecule has 3 rings (SSSR count). The Kier molecular flexibility index (Phi) is 5.19. The van der Waals surface area contributed by atoms with Crippen LogP contribution < -0.4 is 0 Å². The number of nitrogens with zero attached hydrogens (tertiary/aromatic N) is 1. The molecule has 1 aliphatic heterocycles. The Hall–Kier alpha value is -2.85. The van der Waals surface area contributed by atoms with Gasteiger partial charge in [-0.3, -0.25) is 9.69 Å². The first-order valence-electron chi connectivity index (χ1n) is 8.97. The number of hydrogen-bond acceptors (Lipinski definition) is 3. The van der Waals surface area contributed by atoms with Crippen LogP contribution in [0.1, 0.15) is 43.6 Å². The first-order chi connectivity index (χ1) is 12.9. The summed E-state index contributed by atoms with van der Waals surface area (Å²) in [4.78, 5) is 14.9. The normalized spacial score (nSPS) is 16.1. The van der Waals surface area contributed by atoms with Crippen molar-refractivity contribution in [3.63, 3.8) is 0 Å². The van der Waals surface area contributed by atoms with E-state index in [1.54, 1.807) is 17.9 Å². The van der Waals surface area contributed by atoms with Crippen molar-refractivity contribution in [2.45, 2.75) is 32.4 Å². The molecule has 0 radical (unpaired) electrons. The Labute approximate surface area is 160 Å². The molecule has 0 fully saturated rings. The van der Waals surface area contributed by atoms with Crippen LogP contribution in [-0.2, 0) is 9.53 Å². The van der Waals surface area contributed by atoms with Gasteiger partial charge in [-0.25, -0.2) is 0 Å². The van der Waals surface area contributed by atoms with E-state index in [-0.39, 0.29) is 12.6 Å². The van der Waals surface area contributed by atoms with Crippen LogP contribution in [0.5, 0.6) is 0 Å². The van der Waals surface area contributed by atoms with Crippen LogP contribution in [0, 0.1) is 0 Å². The number of carbonyl (C=O) groups excluding carboxylic acids is 1. The third-order valence-electron chi connectivity index (χ3n) is 5.11. The van der Waals surface area contributed by atoms with Gasteiger partial charge >= 0.3 is 0 Å². The minimum atomic E-state index is -0.875. The lowest BCUT2D eigenvalue weighted by molar-refractivity contribution is -0.146. The predicted molar refractivity (Wildman–Crippen MR) is 107 cm³/mol. The Morgan fingerprint density at radius 1 is 1.19 bits per heavy atom. The second kappa shape index (κ2) is 7.41. The molecule has 1 heterocycles. The van der Waals surface area contributed by atoms with Crippen molar-refractivity contribution in [2.24, 2.45) is 0 Å². The van der Waals surface area contributed by atoms with E-state index in [1.165, 1.54) is 0 Å². The SMILES string of the molecule is C=Cc1cccc(C(O)C(C)(C)N2COC(C)=C(c3ccccc3)C2=O)c1. The van der Waals surface area contributed by atoms with Crippen molar-refractivity contribution in [3.05, 3.63) is 83.6 Å². The fourth-order valence-electron chi connectivity index (χ4n) is 3.35. The number of hydrogen-bond donors (Lipinski definition) is 1. The highest BCUT2D eigenvalue weighted by molar-refractivity contribution is 6.20. The number of rotatable bonds is 5. The van der Waals surface area contributed by atoms with Crippen molar-refractivity contribution in [2.75, 3.05) is 6.73 Å². The van der Waals surface area contributed by atoms with Crippen molar-refractivity contribution >= 4 is 17.6 Å². The van der Waals surface area contributed by atoms with Gasteiger partial charge in [0.05, 0.1) is 11.1 Å². The molecule has 0 saturated carbocycles. The summed E-state index contributed by atoms with van der Waals surface area (Å²) in [5, 5.41) is 11.1. The van der Waals surface area contributed by atoms with E-state index >= 15 is 0 Å². The Bertz CT molecular complexity index is 884. The van der Waals surface area contributed by atoms with E-state index in [2.05, 4.69) is 6.58 Å². The average Bonchev–Trinajstić information content (AvgIpc) is 2.68. The Morgan fingerprint density at radius 2 is 1.89 bits per heavy atom. The zero-order valence-electron chi connectivity index (χ0n) is 16.0. The van der Waals surface area contributed by atoms with Gasteiger partial charge < -0.3 is 9.84 Å². The molecule has 1 aliphatic rings. The van der Waals surface area contributed by atoms with E-state index in [9.17, 15) is 9.90 Å². The molecule has 1 unspecified atom stereocenters. The molecule has 2 aromatic carbocycles. The summed E-state index contributed by atoms with van der Waals surface area (Å²) in [6.07, 6.45) is 0.859. The maximum atomic E-state index is 13.3. The number of aliphatic hydroxyl groups is 1. The van der Waals surface area contributed by atoms with E-state index in [1.807, 2.05) is 68.4 Å². The van der Waals surface area contributed by atoms with Crippen LogP contribution in [0.15, 0.2) is 66.9 Å². The van der Waals surface area contributed by atoms with Gasteiger partial charge in [0.1, 0.15) is 11.9 Å². The zero-order chi connectivity index (χ0) is 19.6. The molecule has 4 heteroatoms. The molecule has 0 bridgehead atoms. The molecule has 0 saturated heterocycles. The van der Waals surface area contributed by atoms with Gasteiger partial charge in [-0.05, 0) is 43.5 Å². The van der Waals surface area contributed by atoms with Crippen LogP contribution in [0.2, 0.25) is 0 Å². The maximum absolute atomic E-state index is 13.3. The van der Waals surface area contributed by atoms with Crippen molar-refractivity contribution in [1.29, 1.82) is 0 Å². The first-order valence-corrected chi connectivity index (χ1v) is 8.97. The number of aliphatic hydroxyl groups excluding tert-OH is 1. The predicted octanol–water partition coefficient (Wildman–Crippen LogP) is 4.39. The van der Waals surface area contributed by atoms with Crippen molar-refractivity contribution in [3.8, 4) is 0 Å². The van der Waals surface area contributed by atoms with Gasteiger partial charge in [0.25, 0.3) is 5.91 Å². The monoisotopic (exact) mass is 363 g/mol. The smallest absolute Gasteiger partial charge is 0.261 e. The summed E-state index contributed by atoms with van der Waals surface area (Å²) in [5.41, 5.74) is 2.13. The molecule has 4 nitrogen and oxygen atoms in total. The van der Waals surface area contributed by atoms with E-state index in [0.717, 1.165) is 16.7 Å². The van der Waals surface area contributed by atoms with Gasteiger partial charge in [-0.15, -0.1) is 0 Å². The number of allylic oxidation sites excluding steroid dienone is 1. The topological polar surface area (TPSA) is 49.8 Å². The van der Waals surface area contributed by atoms with Crippen LogP contribution in [0.25, 0.3) is 11.6 Å². The lowest BCUT2D eigenvalue weighted by atomic mass is 9.87. The highest BCUT2D eigenvalue weighted by atomic mass is 16.5. The Morgan fingerprint density at radius 3 is 2.56 bits per heavy atom. The zero-order valence-corrected chi connectivity index (χ0v) is 16.0. The van der Waals surface area contributed by atoms with Crippen molar-refractivity contribution in [1.82, 2.24) is 4.90 Å². The summed E-state index contributed by atoms with van der Waals surface area (Å²) in [7, 11) is 0. The highest BCUT2D eigenvalue weighted by Crippen LogP contribution is 2.36. The summed E-state index contributed by atoms with van der Waals surface area (Å²) in [6, 6.07) is 17.0. The van der Waals surface area contributed by atoms with Crippen LogP contribution in [-0.4, -0.2) is 28.2 Å². The number of benzene rings is 2. The molecule has 27 heavy (non-hydrogen) atoms. The molecule has 140 valence electrons. The van der Waals surface area contributed by atoms with Gasteiger partial charge in [0, 0.05) is 0 Å². The summed E-state index contributed by atoms with van der Waals surface area (Å²) >= 11 is 0. The van der Waals surface area contributed by atoms with Crippen LogP contribution >= 0.6 is 0 Å². The molecule has 0 aromatic heterocycles. The molecular formula is C23H25NO3. The number of ether oxygens (including phenoxy) is 1. The number of carbonyl (C=O) groups is 1. The standard InChI is InChI=1S/C23H25NO3/c1-5-17-10-9-13-19(14-17)21(25)23(3,4)24-15-27-16(2)20(22(24)26)18-11-7-6-8-12-18/h5-14,21,25H,1,15H2,2-4H3. The fourth-order valence-corrected chi connectivity index (χ4v) is 3.35. The van der Waals surface area contributed by atoms with Gasteiger partial charge in [-0.1, -0.05) is 61.2 Å². The van der Waals surface area contributed by atoms with Crippen LogP contribution in [0.4, 0.5) is 0 Å². The number of amides is 1. The molecular weight excluding hydrogens is 338 g/mol. The molecule has 2 aromatic rings. The molecule has 1 N–H and O–H groups in total. The molecule has 1 amide bonds. The molecule has 0 aliphatic carbocycles. The van der Waals surface area contributed by atoms with Crippen LogP contribution in [0.3, 0.4) is 0 Å². The fraction of sp³-hybridized carbons (Fsp3) is 0.261. The van der Waals surface area contributed by atoms with Gasteiger partial charge in [-0.2, -0.15) is 0 Å². The lowest BCUT2D eigenvalue weighted by Gasteiger charge is -2.44. The highest BCUT2D eigenvalue weighted by Gasteiger charge is 2.42. The molecule has 1 atom stereocenters. The van der Waals surface area contributed by atoms with E-state index < -0.39 is 11.6 Å². The van der Waals surface area contributed by atoms with Crippen molar-refractivity contribution < 1.29 is 14.6 Å². The lowest BCUT2D eigenvalue weighted by Crippen LogP contribution is -2.54. The maximum Gasteiger partial charge on any atom is 0.261 e. The third kappa shape index (κ3) is 3.53. The minimum absolute atomic E-state index is 0.103. The van der Waals surface area contributed by atoms with Gasteiger partial charge in [0.15, 0.2) is 6.73 Å². The minimum Gasteiger partial charge on any atom is -0.477 e.